The molecule has 3 aromatic rings. The summed E-state index contributed by atoms with van der Waals surface area (Å²) in [6, 6.07) is 21.2. The highest BCUT2D eigenvalue weighted by molar-refractivity contribution is 14.1. The Morgan fingerprint density at radius 3 is 2.38 bits per heavy atom. The third kappa shape index (κ3) is 4.61. The summed E-state index contributed by atoms with van der Waals surface area (Å²) in [5.74, 6) is 0.753. The largest absolute Gasteiger partial charge is 0.467 e. The average molecular weight is 432 g/mol. The normalized spacial score (nSPS) is 10.4. The van der Waals surface area contributed by atoms with Gasteiger partial charge in [-0.25, -0.2) is 4.79 Å². The van der Waals surface area contributed by atoms with Crippen LogP contribution in [0.2, 0.25) is 0 Å². The molecule has 3 rings (SSSR count). The number of halogens is 1. The van der Waals surface area contributed by atoms with E-state index >= 15 is 0 Å². The maximum atomic E-state index is 12.7. The van der Waals surface area contributed by atoms with Crippen LogP contribution in [0.3, 0.4) is 0 Å². The van der Waals surface area contributed by atoms with Crippen molar-refractivity contribution < 1.29 is 9.21 Å². The second kappa shape index (κ2) is 8.01. The number of anilines is 1. The third-order valence-electron chi connectivity index (χ3n) is 3.53. The van der Waals surface area contributed by atoms with Gasteiger partial charge in [0, 0.05) is 15.8 Å². The number of carbonyl (C=O) groups is 1. The van der Waals surface area contributed by atoms with E-state index in [4.69, 9.17) is 4.42 Å². The molecule has 0 saturated heterocycles. The van der Waals surface area contributed by atoms with E-state index in [0.717, 1.165) is 20.6 Å². The first-order valence-electron chi connectivity index (χ1n) is 7.58. The Morgan fingerprint density at radius 2 is 1.71 bits per heavy atom. The van der Waals surface area contributed by atoms with Crippen molar-refractivity contribution in [3.63, 3.8) is 0 Å². The van der Waals surface area contributed by atoms with Crippen molar-refractivity contribution in [2.24, 2.45) is 0 Å². The van der Waals surface area contributed by atoms with Gasteiger partial charge in [0.05, 0.1) is 12.8 Å². The van der Waals surface area contributed by atoms with Crippen molar-refractivity contribution in [3.05, 3.63) is 87.9 Å². The lowest BCUT2D eigenvalue weighted by molar-refractivity contribution is 0.201. The van der Waals surface area contributed by atoms with Crippen molar-refractivity contribution in [2.75, 3.05) is 5.32 Å². The lowest BCUT2D eigenvalue weighted by atomic mass is 10.2. The quantitative estimate of drug-likeness (QED) is 0.569. The lowest BCUT2D eigenvalue weighted by Crippen LogP contribution is -2.33. The second-order valence-electron chi connectivity index (χ2n) is 5.36. The Bertz CT molecular complexity index is 771. The van der Waals surface area contributed by atoms with E-state index in [9.17, 15) is 4.79 Å². The Labute approximate surface area is 154 Å². The number of hydrogen-bond donors (Lipinski definition) is 1. The summed E-state index contributed by atoms with van der Waals surface area (Å²) in [4.78, 5) is 14.4. The van der Waals surface area contributed by atoms with Gasteiger partial charge in [0.1, 0.15) is 5.76 Å². The molecule has 2 aromatic carbocycles. The first-order valence-corrected chi connectivity index (χ1v) is 8.66. The standard InChI is InChI=1S/C19H17IN2O2/c20-16-8-10-17(11-9-16)21-19(23)22(14-18-7-4-12-24-18)13-15-5-2-1-3-6-15/h1-12H,13-14H2,(H,21,23). The number of amides is 2. The van der Waals surface area contributed by atoms with Gasteiger partial charge in [-0.2, -0.15) is 0 Å². The molecule has 0 aliphatic rings. The minimum atomic E-state index is -0.156. The molecule has 1 N–H and O–H groups in total. The first-order chi connectivity index (χ1) is 11.7. The van der Waals surface area contributed by atoms with E-state index in [1.54, 1.807) is 11.2 Å². The van der Waals surface area contributed by atoms with Gasteiger partial charge < -0.3 is 14.6 Å². The third-order valence-corrected chi connectivity index (χ3v) is 4.24. The van der Waals surface area contributed by atoms with Crippen LogP contribution in [-0.4, -0.2) is 10.9 Å². The number of hydrogen-bond acceptors (Lipinski definition) is 2. The molecule has 2 amide bonds. The number of carbonyl (C=O) groups excluding carboxylic acids is 1. The number of benzene rings is 2. The minimum absolute atomic E-state index is 0.156. The van der Waals surface area contributed by atoms with Crippen LogP contribution in [-0.2, 0) is 13.1 Å². The van der Waals surface area contributed by atoms with E-state index < -0.39 is 0 Å². The molecule has 4 nitrogen and oxygen atoms in total. The van der Waals surface area contributed by atoms with Gasteiger partial charge in [-0.05, 0) is 64.6 Å². The van der Waals surface area contributed by atoms with Gasteiger partial charge >= 0.3 is 6.03 Å². The van der Waals surface area contributed by atoms with Crippen LogP contribution >= 0.6 is 22.6 Å². The van der Waals surface area contributed by atoms with Gasteiger partial charge in [0.15, 0.2) is 0 Å². The zero-order valence-corrected chi connectivity index (χ0v) is 15.1. The monoisotopic (exact) mass is 432 g/mol. The molecule has 0 aliphatic carbocycles. The molecule has 0 spiro atoms. The number of nitrogens with zero attached hydrogens (tertiary/aromatic N) is 1. The molecule has 5 heteroatoms. The Kier molecular flexibility index (Phi) is 5.53. The lowest BCUT2D eigenvalue weighted by Gasteiger charge is -2.22. The van der Waals surface area contributed by atoms with Gasteiger partial charge in [0.25, 0.3) is 0 Å². The first kappa shape index (κ1) is 16.6. The molecule has 0 bridgehead atoms. The van der Waals surface area contributed by atoms with Crippen LogP contribution < -0.4 is 5.32 Å². The van der Waals surface area contributed by atoms with Crippen molar-refractivity contribution in [1.82, 2.24) is 4.90 Å². The molecule has 1 aromatic heterocycles. The molecule has 0 aliphatic heterocycles. The molecule has 0 unspecified atom stereocenters. The molecule has 0 atom stereocenters. The van der Waals surface area contributed by atoms with Gasteiger partial charge in [-0.1, -0.05) is 30.3 Å². The summed E-state index contributed by atoms with van der Waals surface area (Å²) >= 11 is 2.24. The van der Waals surface area contributed by atoms with Gasteiger partial charge in [-0.3, -0.25) is 0 Å². The minimum Gasteiger partial charge on any atom is -0.467 e. The summed E-state index contributed by atoms with van der Waals surface area (Å²) in [7, 11) is 0. The SMILES string of the molecule is O=C(Nc1ccc(I)cc1)N(Cc1ccccc1)Cc1ccco1. The maximum absolute atomic E-state index is 12.7. The number of furan rings is 1. The van der Waals surface area contributed by atoms with Crippen molar-refractivity contribution >= 4 is 34.3 Å². The highest BCUT2D eigenvalue weighted by atomic mass is 127. The van der Waals surface area contributed by atoms with Crippen LogP contribution in [0.15, 0.2) is 77.4 Å². The average Bonchev–Trinajstić information content (AvgIpc) is 3.10. The molecule has 122 valence electrons. The number of rotatable bonds is 5. The van der Waals surface area contributed by atoms with Crippen LogP contribution in [0.5, 0.6) is 0 Å². The molecule has 0 fully saturated rings. The van der Waals surface area contributed by atoms with Crippen molar-refractivity contribution in [2.45, 2.75) is 13.1 Å². The Hall–Kier alpha value is -2.28. The second-order valence-corrected chi connectivity index (χ2v) is 6.60. The zero-order valence-electron chi connectivity index (χ0n) is 13.0. The van der Waals surface area contributed by atoms with E-state index in [1.165, 1.54) is 0 Å². The molecule has 0 saturated carbocycles. The van der Waals surface area contributed by atoms with E-state index in [0.29, 0.717) is 13.1 Å². The summed E-state index contributed by atoms with van der Waals surface area (Å²) in [6.07, 6.45) is 1.62. The van der Waals surface area contributed by atoms with E-state index in [1.807, 2.05) is 66.7 Å². The van der Waals surface area contributed by atoms with Gasteiger partial charge in [-0.15, -0.1) is 0 Å². The molecule has 1 heterocycles. The highest BCUT2D eigenvalue weighted by Crippen LogP contribution is 2.15. The molecular weight excluding hydrogens is 415 g/mol. The topological polar surface area (TPSA) is 45.5 Å². The molecular formula is C19H17IN2O2. The fourth-order valence-corrected chi connectivity index (χ4v) is 2.69. The van der Waals surface area contributed by atoms with Crippen molar-refractivity contribution in [3.8, 4) is 0 Å². The summed E-state index contributed by atoms with van der Waals surface area (Å²) in [6.45, 7) is 0.926. The Morgan fingerprint density at radius 1 is 0.958 bits per heavy atom. The van der Waals surface area contributed by atoms with E-state index in [-0.39, 0.29) is 6.03 Å². The number of nitrogens with one attached hydrogen (secondary N) is 1. The Balaban J connectivity index is 1.74. The zero-order chi connectivity index (χ0) is 16.8. The van der Waals surface area contributed by atoms with Crippen LogP contribution in [0.25, 0.3) is 0 Å². The predicted molar refractivity (Wildman–Crippen MR) is 103 cm³/mol. The summed E-state index contributed by atoms with van der Waals surface area (Å²) in [5, 5.41) is 2.94. The molecule has 0 radical (unpaired) electrons. The van der Waals surface area contributed by atoms with Crippen LogP contribution in [0.1, 0.15) is 11.3 Å². The predicted octanol–water partition coefficient (Wildman–Crippen LogP) is 5.12. The van der Waals surface area contributed by atoms with Crippen molar-refractivity contribution in [1.29, 1.82) is 0 Å². The smallest absolute Gasteiger partial charge is 0.322 e. The van der Waals surface area contributed by atoms with E-state index in [2.05, 4.69) is 27.9 Å². The van der Waals surface area contributed by atoms with Gasteiger partial charge in [0.2, 0.25) is 0 Å². The molecule has 24 heavy (non-hydrogen) atoms. The number of urea groups is 1. The highest BCUT2D eigenvalue weighted by Gasteiger charge is 2.16. The van der Waals surface area contributed by atoms with Crippen LogP contribution in [0.4, 0.5) is 10.5 Å². The fourth-order valence-electron chi connectivity index (χ4n) is 2.33. The van der Waals surface area contributed by atoms with Crippen LogP contribution in [0, 0.1) is 3.57 Å². The summed E-state index contributed by atoms with van der Waals surface area (Å²) in [5.41, 5.74) is 1.85. The maximum Gasteiger partial charge on any atom is 0.322 e. The fraction of sp³-hybridized carbons (Fsp3) is 0.105. The summed E-state index contributed by atoms with van der Waals surface area (Å²) < 4.78 is 6.52.